The Morgan fingerprint density at radius 2 is 2.00 bits per heavy atom. The zero-order valence-electron chi connectivity index (χ0n) is 9.70. The van der Waals surface area contributed by atoms with E-state index in [1.807, 2.05) is 31.3 Å². The van der Waals surface area contributed by atoms with Crippen LogP contribution in [0.5, 0.6) is 0 Å². The molecule has 1 amide bonds. The van der Waals surface area contributed by atoms with E-state index in [9.17, 15) is 4.79 Å². The van der Waals surface area contributed by atoms with E-state index >= 15 is 0 Å². The summed E-state index contributed by atoms with van der Waals surface area (Å²) in [5.41, 5.74) is 0.759. The van der Waals surface area contributed by atoms with Crippen molar-refractivity contribution in [2.75, 3.05) is 13.6 Å². The molecule has 1 aliphatic carbocycles. The predicted octanol–water partition coefficient (Wildman–Crippen LogP) is 3.38. The van der Waals surface area contributed by atoms with Crippen molar-refractivity contribution in [3.63, 3.8) is 0 Å². The Hall–Kier alpha value is -0.290. The van der Waals surface area contributed by atoms with Gasteiger partial charge in [-0.2, -0.15) is 0 Å². The van der Waals surface area contributed by atoms with Crippen molar-refractivity contribution in [2.24, 2.45) is 5.92 Å². The van der Waals surface area contributed by atoms with Crippen LogP contribution >= 0.6 is 34.2 Å². The molecule has 0 unspecified atom stereocenters. The molecule has 0 bridgehead atoms. The van der Waals surface area contributed by atoms with Gasteiger partial charge in [-0.25, -0.2) is 0 Å². The Kier molecular flexibility index (Phi) is 4.31. The third-order valence-corrected chi connectivity index (χ3v) is 4.22. The van der Waals surface area contributed by atoms with E-state index in [1.54, 1.807) is 4.90 Å². The second-order valence-corrected chi connectivity index (χ2v) is 6.49. The second-order valence-electron chi connectivity index (χ2n) is 4.63. The van der Waals surface area contributed by atoms with Crippen LogP contribution in [0.2, 0.25) is 0 Å². The van der Waals surface area contributed by atoms with Crippen LogP contribution in [-0.4, -0.2) is 29.8 Å². The molecule has 4 heteroatoms. The zero-order chi connectivity index (χ0) is 12.4. The molecule has 1 aliphatic rings. The van der Waals surface area contributed by atoms with Crippen LogP contribution in [0.3, 0.4) is 0 Å². The van der Waals surface area contributed by atoms with E-state index in [0.29, 0.717) is 11.3 Å². The summed E-state index contributed by atoms with van der Waals surface area (Å²) in [5.74, 6) is 0.676. The third kappa shape index (κ3) is 3.35. The third-order valence-electron chi connectivity index (χ3n) is 3.15. The molecular weight excluding hydrogens is 349 g/mol. The summed E-state index contributed by atoms with van der Waals surface area (Å²) in [7, 11) is 1.86. The van der Waals surface area contributed by atoms with E-state index in [2.05, 4.69) is 22.6 Å². The van der Waals surface area contributed by atoms with Gasteiger partial charge in [-0.3, -0.25) is 4.79 Å². The van der Waals surface area contributed by atoms with Crippen molar-refractivity contribution in [3.8, 4) is 0 Å². The highest BCUT2D eigenvalue weighted by Crippen LogP contribution is 2.32. The van der Waals surface area contributed by atoms with Gasteiger partial charge < -0.3 is 4.90 Å². The molecule has 0 spiro atoms. The van der Waals surface area contributed by atoms with Gasteiger partial charge in [0, 0.05) is 28.1 Å². The first-order valence-corrected chi connectivity index (χ1v) is 7.23. The molecule has 92 valence electrons. The number of alkyl halides is 1. The minimum Gasteiger partial charge on any atom is -0.341 e. The van der Waals surface area contributed by atoms with E-state index in [-0.39, 0.29) is 5.91 Å². The number of carbonyl (C=O) groups is 1. The number of benzene rings is 1. The normalized spacial score (nSPS) is 23.0. The van der Waals surface area contributed by atoms with Crippen molar-refractivity contribution in [3.05, 3.63) is 33.4 Å². The first-order valence-electron chi connectivity index (χ1n) is 5.71. The molecular formula is C13H15ClINO. The number of hydrogen-bond acceptors (Lipinski definition) is 1. The molecule has 0 aromatic heterocycles. The lowest BCUT2D eigenvalue weighted by atomic mass is 9.84. The number of amides is 1. The highest BCUT2D eigenvalue weighted by molar-refractivity contribution is 14.1. The number of carbonyl (C=O) groups excluding carboxylic acids is 1. The topological polar surface area (TPSA) is 20.3 Å². The fourth-order valence-corrected chi connectivity index (χ4v) is 2.95. The smallest absolute Gasteiger partial charge is 0.253 e. The fraction of sp³-hybridized carbons (Fsp3) is 0.462. The van der Waals surface area contributed by atoms with Gasteiger partial charge in [-0.1, -0.05) is 0 Å². The lowest BCUT2D eigenvalue weighted by molar-refractivity contribution is 0.0747. The Morgan fingerprint density at radius 3 is 2.53 bits per heavy atom. The van der Waals surface area contributed by atoms with Crippen molar-refractivity contribution in [1.82, 2.24) is 4.90 Å². The summed E-state index contributed by atoms with van der Waals surface area (Å²) in [5, 5.41) is 0.321. The Balaban J connectivity index is 1.92. The number of halogens is 2. The van der Waals surface area contributed by atoms with Crippen molar-refractivity contribution < 1.29 is 4.79 Å². The van der Waals surface area contributed by atoms with Gasteiger partial charge in [-0.15, -0.1) is 11.6 Å². The van der Waals surface area contributed by atoms with Gasteiger partial charge in [-0.05, 0) is 65.6 Å². The molecule has 0 heterocycles. The highest BCUT2D eigenvalue weighted by atomic mass is 127. The van der Waals surface area contributed by atoms with E-state index < -0.39 is 0 Å². The minimum absolute atomic E-state index is 0.0967. The van der Waals surface area contributed by atoms with E-state index in [4.69, 9.17) is 11.6 Å². The molecule has 0 saturated heterocycles. The molecule has 17 heavy (non-hydrogen) atoms. The molecule has 0 aliphatic heterocycles. The predicted molar refractivity (Wildman–Crippen MR) is 78.5 cm³/mol. The maximum Gasteiger partial charge on any atom is 0.253 e. The zero-order valence-corrected chi connectivity index (χ0v) is 12.6. The Morgan fingerprint density at radius 1 is 1.41 bits per heavy atom. The molecule has 1 saturated carbocycles. The van der Waals surface area contributed by atoms with Crippen LogP contribution in [0.25, 0.3) is 0 Å². The number of rotatable bonds is 3. The minimum atomic E-state index is 0.0967. The van der Waals surface area contributed by atoms with Gasteiger partial charge in [0.25, 0.3) is 5.91 Å². The first kappa shape index (κ1) is 13.1. The quantitative estimate of drug-likeness (QED) is 0.595. The fourth-order valence-electron chi connectivity index (χ4n) is 2.09. The van der Waals surface area contributed by atoms with Crippen LogP contribution in [0.4, 0.5) is 0 Å². The van der Waals surface area contributed by atoms with E-state index in [1.165, 1.54) is 0 Å². The second kappa shape index (κ2) is 5.57. The van der Waals surface area contributed by atoms with Gasteiger partial charge in [0.1, 0.15) is 0 Å². The molecule has 2 nitrogen and oxygen atoms in total. The highest BCUT2D eigenvalue weighted by Gasteiger charge is 2.29. The SMILES string of the molecule is CN(CC1CC(Cl)C1)C(=O)c1ccc(I)cc1. The molecule has 1 fully saturated rings. The van der Waals surface area contributed by atoms with Crippen LogP contribution in [-0.2, 0) is 0 Å². The summed E-state index contributed by atoms with van der Waals surface area (Å²) in [6.45, 7) is 0.814. The average molecular weight is 364 g/mol. The van der Waals surface area contributed by atoms with Crippen molar-refractivity contribution >= 4 is 40.1 Å². The summed E-state index contributed by atoms with van der Waals surface area (Å²) < 4.78 is 1.14. The Bertz CT molecular complexity index is 400. The summed E-state index contributed by atoms with van der Waals surface area (Å²) >= 11 is 8.17. The maximum atomic E-state index is 12.1. The van der Waals surface area contributed by atoms with Crippen LogP contribution in [0, 0.1) is 9.49 Å². The largest absolute Gasteiger partial charge is 0.341 e. The summed E-state index contributed by atoms with van der Waals surface area (Å²) in [4.78, 5) is 13.9. The molecule has 0 atom stereocenters. The molecule has 1 aromatic rings. The maximum absolute atomic E-state index is 12.1. The molecule has 1 aromatic carbocycles. The standard InChI is InChI=1S/C13H15ClINO/c1-16(8-9-6-11(14)7-9)13(17)10-2-4-12(15)5-3-10/h2-5,9,11H,6-8H2,1H3. The summed E-state index contributed by atoms with van der Waals surface area (Å²) in [6.07, 6.45) is 2.07. The van der Waals surface area contributed by atoms with Gasteiger partial charge >= 0.3 is 0 Å². The van der Waals surface area contributed by atoms with Gasteiger partial charge in [0.05, 0.1) is 0 Å². The molecule has 0 radical (unpaired) electrons. The first-order chi connectivity index (χ1) is 8.06. The number of nitrogens with zero attached hydrogens (tertiary/aromatic N) is 1. The molecule has 2 rings (SSSR count). The average Bonchev–Trinajstić information content (AvgIpc) is 2.27. The lowest BCUT2D eigenvalue weighted by Crippen LogP contribution is -2.37. The molecule has 0 N–H and O–H groups in total. The summed E-state index contributed by atoms with van der Waals surface area (Å²) in [6, 6.07) is 7.68. The van der Waals surface area contributed by atoms with Crippen LogP contribution in [0.15, 0.2) is 24.3 Å². The van der Waals surface area contributed by atoms with Crippen LogP contribution < -0.4 is 0 Å². The van der Waals surface area contributed by atoms with Gasteiger partial charge in [0.2, 0.25) is 0 Å². The van der Waals surface area contributed by atoms with E-state index in [0.717, 1.165) is 28.5 Å². The Labute approximate surface area is 120 Å². The van der Waals surface area contributed by atoms with Crippen molar-refractivity contribution in [1.29, 1.82) is 0 Å². The monoisotopic (exact) mass is 363 g/mol. The number of hydrogen-bond donors (Lipinski definition) is 0. The van der Waals surface area contributed by atoms with Crippen LogP contribution in [0.1, 0.15) is 23.2 Å². The van der Waals surface area contributed by atoms with Crippen molar-refractivity contribution in [2.45, 2.75) is 18.2 Å². The lowest BCUT2D eigenvalue weighted by Gasteiger charge is -2.34. The van der Waals surface area contributed by atoms with Gasteiger partial charge in [0.15, 0.2) is 0 Å².